The molecular formula is C16H26N2O2S. The first-order chi connectivity index (χ1) is 9.79. The van der Waals surface area contributed by atoms with Gasteiger partial charge < -0.3 is 0 Å². The van der Waals surface area contributed by atoms with E-state index >= 15 is 0 Å². The van der Waals surface area contributed by atoms with Crippen molar-refractivity contribution in [3.8, 4) is 0 Å². The number of piperidine rings is 1. The number of benzene rings is 1. The molecule has 1 aromatic carbocycles. The zero-order valence-corrected chi connectivity index (χ0v) is 14.0. The molecule has 1 aliphatic rings. The van der Waals surface area contributed by atoms with Crippen LogP contribution in [-0.2, 0) is 10.0 Å². The summed E-state index contributed by atoms with van der Waals surface area (Å²) >= 11 is 0. The third-order valence-electron chi connectivity index (χ3n) is 4.08. The van der Waals surface area contributed by atoms with E-state index in [-0.39, 0.29) is 5.54 Å². The number of likely N-dealkylation sites (tertiary alicyclic amines) is 1. The molecular weight excluding hydrogens is 284 g/mol. The van der Waals surface area contributed by atoms with Gasteiger partial charge in [0.15, 0.2) is 0 Å². The first-order valence-electron chi connectivity index (χ1n) is 7.59. The molecule has 1 N–H and O–H groups in total. The highest BCUT2D eigenvalue weighted by atomic mass is 32.2. The van der Waals surface area contributed by atoms with Crippen LogP contribution in [-0.4, -0.2) is 38.5 Å². The van der Waals surface area contributed by atoms with E-state index in [0.29, 0.717) is 17.4 Å². The van der Waals surface area contributed by atoms with E-state index < -0.39 is 10.0 Å². The second-order valence-electron chi connectivity index (χ2n) is 6.79. The maximum atomic E-state index is 12.2. The molecule has 0 spiro atoms. The molecule has 1 aromatic rings. The molecule has 1 atom stereocenters. The van der Waals surface area contributed by atoms with Gasteiger partial charge in [0.05, 0.1) is 4.90 Å². The first-order valence-corrected chi connectivity index (χ1v) is 9.07. The number of rotatable bonds is 4. The third-order valence-corrected chi connectivity index (χ3v) is 5.52. The highest BCUT2D eigenvalue weighted by Gasteiger charge is 2.28. The van der Waals surface area contributed by atoms with E-state index in [0.717, 1.165) is 25.9 Å². The zero-order chi connectivity index (χ0) is 15.5. The molecule has 4 nitrogen and oxygen atoms in total. The molecule has 0 aliphatic carbocycles. The minimum absolute atomic E-state index is 0.150. The lowest BCUT2D eigenvalue weighted by Gasteiger charge is -2.41. The SMILES string of the molecule is CC(C)(C)N1CCCC(CNS(=O)(=O)c2ccccc2)C1. The fraction of sp³-hybridized carbons (Fsp3) is 0.625. The molecule has 1 unspecified atom stereocenters. The second kappa shape index (κ2) is 6.46. The maximum absolute atomic E-state index is 12.2. The summed E-state index contributed by atoms with van der Waals surface area (Å²) in [6.07, 6.45) is 2.22. The van der Waals surface area contributed by atoms with Gasteiger partial charge in [0.1, 0.15) is 0 Å². The lowest BCUT2D eigenvalue weighted by atomic mass is 9.94. The summed E-state index contributed by atoms with van der Waals surface area (Å²) in [5, 5.41) is 0. The van der Waals surface area contributed by atoms with Crippen LogP contribution in [0.15, 0.2) is 35.2 Å². The molecule has 0 saturated carbocycles. The predicted octanol–water partition coefficient (Wildman–Crippen LogP) is 2.48. The fourth-order valence-corrected chi connectivity index (χ4v) is 3.89. The monoisotopic (exact) mass is 310 g/mol. The van der Waals surface area contributed by atoms with E-state index in [1.807, 2.05) is 6.07 Å². The number of nitrogens with one attached hydrogen (secondary N) is 1. The second-order valence-corrected chi connectivity index (χ2v) is 8.56. The van der Waals surface area contributed by atoms with Gasteiger partial charge in [-0.15, -0.1) is 0 Å². The van der Waals surface area contributed by atoms with Crippen molar-refractivity contribution in [2.45, 2.75) is 44.0 Å². The smallest absolute Gasteiger partial charge is 0.240 e. The van der Waals surface area contributed by atoms with Crippen LogP contribution < -0.4 is 4.72 Å². The Balaban J connectivity index is 1.94. The van der Waals surface area contributed by atoms with Crippen LogP contribution in [0, 0.1) is 5.92 Å². The van der Waals surface area contributed by atoms with Gasteiger partial charge in [-0.25, -0.2) is 13.1 Å². The van der Waals surface area contributed by atoms with Gasteiger partial charge in [-0.2, -0.15) is 0 Å². The molecule has 1 saturated heterocycles. The summed E-state index contributed by atoms with van der Waals surface area (Å²) in [6.45, 7) is 9.21. The molecule has 1 fully saturated rings. The quantitative estimate of drug-likeness (QED) is 0.929. The largest absolute Gasteiger partial charge is 0.298 e. The normalized spacial score (nSPS) is 21.4. The molecule has 1 heterocycles. The highest BCUT2D eigenvalue weighted by molar-refractivity contribution is 7.89. The molecule has 0 amide bonds. The summed E-state index contributed by atoms with van der Waals surface area (Å²) < 4.78 is 27.2. The molecule has 2 rings (SSSR count). The Bertz CT molecular complexity index is 549. The molecule has 0 bridgehead atoms. The van der Waals surface area contributed by atoms with Gasteiger partial charge in [0, 0.05) is 18.6 Å². The summed E-state index contributed by atoms with van der Waals surface area (Å²) in [6, 6.07) is 8.57. The lowest BCUT2D eigenvalue weighted by Crippen LogP contribution is -2.49. The van der Waals surface area contributed by atoms with Crippen LogP contribution in [0.2, 0.25) is 0 Å². The standard InChI is InChI=1S/C16H26N2O2S/c1-16(2,3)18-11-7-8-14(13-18)12-17-21(19,20)15-9-5-4-6-10-15/h4-6,9-10,14,17H,7-8,11-13H2,1-3H3. The minimum Gasteiger partial charge on any atom is -0.298 e. The highest BCUT2D eigenvalue weighted by Crippen LogP contribution is 2.23. The molecule has 21 heavy (non-hydrogen) atoms. The Morgan fingerprint density at radius 3 is 2.52 bits per heavy atom. The van der Waals surface area contributed by atoms with Crippen molar-refractivity contribution in [1.29, 1.82) is 0 Å². The molecule has 5 heteroatoms. The summed E-state index contributed by atoms with van der Waals surface area (Å²) in [5.41, 5.74) is 0.150. The van der Waals surface area contributed by atoms with Gasteiger partial charge in [0.25, 0.3) is 0 Å². The number of hydrogen-bond acceptors (Lipinski definition) is 3. The Morgan fingerprint density at radius 1 is 1.24 bits per heavy atom. The average Bonchev–Trinajstić information content (AvgIpc) is 2.46. The van der Waals surface area contributed by atoms with Gasteiger partial charge in [-0.3, -0.25) is 4.90 Å². The average molecular weight is 310 g/mol. The van der Waals surface area contributed by atoms with E-state index in [9.17, 15) is 8.42 Å². The van der Waals surface area contributed by atoms with Gasteiger partial charge in [-0.05, 0) is 58.2 Å². The zero-order valence-electron chi connectivity index (χ0n) is 13.2. The Kier molecular flexibility index (Phi) is 5.07. The van der Waals surface area contributed by atoms with Crippen molar-refractivity contribution in [3.63, 3.8) is 0 Å². The van der Waals surface area contributed by atoms with E-state index in [1.54, 1.807) is 24.3 Å². The molecule has 0 aromatic heterocycles. The fourth-order valence-electron chi connectivity index (χ4n) is 2.75. The number of nitrogens with zero attached hydrogens (tertiary/aromatic N) is 1. The van der Waals surface area contributed by atoms with Crippen LogP contribution in [0.5, 0.6) is 0 Å². The lowest BCUT2D eigenvalue weighted by molar-refractivity contribution is 0.0804. The predicted molar refractivity (Wildman–Crippen MR) is 85.7 cm³/mol. The van der Waals surface area contributed by atoms with Crippen LogP contribution >= 0.6 is 0 Å². The van der Waals surface area contributed by atoms with Crippen molar-refractivity contribution in [2.75, 3.05) is 19.6 Å². The van der Waals surface area contributed by atoms with Crippen LogP contribution in [0.4, 0.5) is 0 Å². The van der Waals surface area contributed by atoms with Crippen molar-refractivity contribution < 1.29 is 8.42 Å². The number of hydrogen-bond donors (Lipinski definition) is 1. The van der Waals surface area contributed by atoms with Crippen molar-refractivity contribution in [1.82, 2.24) is 9.62 Å². The van der Waals surface area contributed by atoms with E-state index in [1.165, 1.54) is 0 Å². The molecule has 118 valence electrons. The van der Waals surface area contributed by atoms with Crippen LogP contribution in [0.25, 0.3) is 0 Å². The Labute approximate surface area is 128 Å². The van der Waals surface area contributed by atoms with Crippen molar-refractivity contribution in [3.05, 3.63) is 30.3 Å². The maximum Gasteiger partial charge on any atom is 0.240 e. The molecule has 1 aliphatic heterocycles. The third kappa shape index (κ3) is 4.53. The topological polar surface area (TPSA) is 49.4 Å². The summed E-state index contributed by atoms with van der Waals surface area (Å²) in [4.78, 5) is 2.78. The van der Waals surface area contributed by atoms with Crippen LogP contribution in [0.3, 0.4) is 0 Å². The van der Waals surface area contributed by atoms with E-state index in [2.05, 4.69) is 30.4 Å². The minimum atomic E-state index is -3.38. The van der Waals surface area contributed by atoms with Crippen LogP contribution in [0.1, 0.15) is 33.6 Å². The summed E-state index contributed by atoms with van der Waals surface area (Å²) in [5.74, 6) is 0.386. The Morgan fingerprint density at radius 2 is 1.90 bits per heavy atom. The number of sulfonamides is 1. The van der Waals surface area contributed by atoms with Gasteiger partial charge in [-0.1, -0.05) is 18.2 Å². The van der Waals surface area contributed by atoms with Gasteiger partial charge in [0.2, 0.25) is 10.0 Å². The Hall–Kier alpha value is -0.910. The molecule has 0 radical (unpaired) electrons. The first kappa shape index (κ1) is 16.5. The van der Waals surface area contributed by atoms with E-state index in [4.69, 9.17) is 0 Å². The van der Waals surface area contributed by atoms with Gasteiger partial charge >= 0.3 is 0 Å². The van der Waals surface area contributed by atoms with Crippen molar-refractivity contribution in [2.24, 2.45) is 5.92 Å². The summed E-state index contributed by atoms with van der Waals surface area (Å²) in [7, 11) is -3.38. The van der Waals surface area contributed by atoms with Crippen molar-refractivity contribution >= 4 is 10.0 Å².